The van der Waals surface area contributed by atoms with Gasteiger partial charge in [-0.25, -0.2) is 8.57 Å². The summed E-state index contributed by atoms with van der Waals surface area (Å²) in [5.74, 6) is 1.09. The molecule has 2 nitrogen and oxygen atoms in total. The zero-order valence-electron chi connectivity index (χ0n) is 15.2. The smallest absolute Gasteiger partial charge is 0.0741 e. The summed E-state index contributed by atoms with van der Waals surface area (Å²) in [5, 5.41) is 0.0507. The van der Waals surface area contributed by atoms with Crippen LogP contribution in [0.1, 0.15) is 69.2 Å². The van der Waals surface area contributed by atoms with Crippen LogP contribution in [0.5, 0.6) is 0 Å². The Morgan fingerprint density at radius 2 is 1.15 bits per heavy atom. The Balaban J connectivity index is 6.57. The van der Waals surface area contributed by atoms with Crippen LogP contribution in [-0.4, -0.2) is 15.5 Å². The molecule has 0 aromatic rings. The summed E-state index contributed by atoms with van der Waals surface area (Å²) < 4.78 is 18.3. The summed E-state index contributed by atoms with van der Waals surface area (Å²) >= 11 is 0. The van der Waals surface area contributed by atoms with Gasteiger partial charge in [0.1, 0.15) is 0 Å². The molecule has 0 radical (unpaired) electrons. The minimum Gasteiger partial charge on any atom is -0.245 e. The van der Waals surface area contributed by atoms with Gasteiger partial charge in [0.05, 0.1) is 15.8 Å². The van der Waals surface area contributed by atoms with Gasteiger partial charge in [-0.3, -0.25) is 0 Å². The second-order valence-corrected chi connectivity index (χ2v) is 9.83. The molecule has 0 fully saturated rings. The van der Waals surface area contributed by atoms with E-state index in [1.54, 1.807) is 0 Å². The van der Waals surface area contributed by atoms with E-state index < -0.39 is 9.73 Å². The summed E-state index contributed by atoms with van der Waals surface area (Å²) in [6.45, 7) is 21.2. The first-order chi connectivity index (χ1) is 8.95. The second-order valence-electron chi connectivity index (χ2n) is 7.10. The molecule has 0 spiro atoms. The van der Waals surface area contributed by atoms with Gasteiger partial charge in [-0.1, -0.05) is 47.1 Å². The molecule has 0 N–H and O–H groups in total. The van der Waals surface area contributed by atoms with Crippen LogP contribution in [0.3, 0.4) is 0 Å². The van der Waals surface area contributed by atoms with Gasteiger partial charge in [0.2, 0.25) is 0 Å². The Hall–Kier alpha value is -0.310. The fourth-order valence-corrected chi connectivity index (χ4v) is 5.80. The van der Waals surface area contributed by atoms with E-state index in [4.69, 9.17) is 0 Å². The van der Waals surface area contributed by atoms with Crippen LogP contribution in [0.15, 0.2) is 14.8 Å². The van der Waals surface area contributed by atoms with Crippen molar-refractivity contribution in [3.8, 4) is 0 Å². The molecular formula is C17H35NOS. The summed E-state index contributed by atoms with van der Waals surface area (Å²) in [6, 6.07) is 0.0965. The monoisotopic (exact) mass is 301 g/mol. The van der Waals surface area contributed by atoms with Crippen molar-refractivity contribution in [2.45, 2.75) is 80.5 Å². The molecule has 0 saturated heterocycles. The quantitative estimate of drug-likeness (QED) is 0.637. The Labute approximate surface area is 127 Å². The van der Waals surface area contributed by atoms with Gasteiger partial charge in [-0.2, -0.15) is 0 Å². The van der Waals surface area contributed by atoms with E-state index in [1.165, 1.54) is 5.57 Å². The van der Waals surface area contributed by atoms with Crippen molar-refractivity contribution in [2.75, 3.05) is 0 Å². The lowest BCUT2D eigenvalue weighted by Gasteiger charge is -2.29. The maximum absolute atomic E-state index is 13.7. The molecular weight excluding hydrogens is 266 g/mol. The third-order valence-corrected chi connectivity index (χ3v) is 6.72. The van der Waals surface area contributed by atoms with Crippen LogP contribution in [-0.2, 0) is 9.73 Å². The SMILES string of the molecule is CC(C)N=S(=O)(C(=C(C(C)C)C(C)C)C(C)C)C(C)C. The van der Waals surface area contributed by atoms with E-state index in [-0.39, 0.29) is 17.2 Å². The first-order valence-electron chi connectivity index (χ1n) is 7.94. The molecule has 1 unspecified atom stereocenters. The molecule has 0 aliphatic carbocycles. The van der Waals surface area contributed by atoms with Crippen LogP contribution in [0.4, 0.5) is 0 Å². The van der Waals surface area contributed by atoms with Gasteiger partial charge in [-0.05, 0) is 45.4 Å². The highest BCUT2D eigenvalue weighted by Crippen LogP contribution is 2.35. The second kappa shape index (κ2) is 7.63. The molecule has 0 aromatic carbocycles. The van der Waals surface area contributed by atoms with Gasteiger partial charge in [-0.15, -0.1) is 0 Å². The van der Waals surface area contributed by atoms with Crippen molar-refractivity contribution in [3.63, 3.8) is 0 Å². The zero-order valence-corrected chi connectivity index (χ0v) is 16.0. The van der Waals surface area contributed by atoms with Crippen molar-refractivity contribution < 1.29 is 4.21 Å². The highest BCUT2D eigenvalue weighted by molar-refractivity contribution is 7.98. The van der Waals surface area contributed by atoms with E-state index in [0.717, 1.165) is 4.91 Å². The maximum atomic E-state index is 13.7. The number of allylic oxidation sites excluding steroid dienone is 2. The van der Waals surface area contributed by atoms with Crippen LogP contribution in [0, 0.1) is 17.8 Å². The van der Waals surface area contributed by atoms with Crippen molar-refractivity contribution in [2.24, 2.45) is 22.1 Å². The molecule has 0 saturated carbocycles. The molecule has 20 heavy (non-hydrogen) atoms. The van der Waals surface area contributed by atoms with Gasteiger partial charge < -0.3 is 0 Å². The fraction of sp³-hybridized carbons (Fsp3) is 0.882. The molecule has 1 atom stereocenters. The summed E-state index contributed by atoms with van der Waals surface area (Å²) in [5.41, 5.74) is 1.34. The first kappa shape index (κ1) is 19.7. The Bertz CT molecular complexity index is 438. The summed E-state index contributed by atoms with van der Waals surface area (Å²) in [7, 11) is -2.33. The van der Waals surface area contributed by atoms with Gasteiger partial charge in [0.25, 0.3) is 0 Å². The van der Waals surface area contributed by atoms with Crippen LogP contribution >= 0.6 is 0 Å². The minimum atomic E-state index is -2.33. The normalized spacial score (nSPS) is 15.3. The Morgan fingerprint density at radius 1 is 0.750 bits per heavy atom. The van der Waals surface area contributed by atoms with Crippen molar-refractivity contribution in [1.29, 1.82) is 0 Å². The molecule has 0 aliphatic heterocycles. The van der Waals surface area contributed by atoms with E-state index in [9.17, 15) is 4.21 Å². The molecule has 0 aromatic heterocycles. The maximum Gasteiger partial charge on any atom is 0.0741 e. The largest absolute Gasteiger partial charge is 0.245 e. The van der Waals surface area contributed by atoms with Gasteiger partial charge >= 0.3 is 0 Å². The number of hydrogen-bond acceptors (Lipinski definition) is 2. The van der Waals surface area contributed by atoms with Crippen molar-refractivity contribution in [3.05, 3.63) is 10.5 Å². The highest BCUT2D eigenvalue weighted by Gasteiger charge is 2.28. The fourth-order valence-electron chi connectivity index (χ4n) is 2.82. The molecule has 0 aliphatic rings. The highest BCUT2D eigenvalue weighted by atomic mass is 32.2. The van der Waals surface area contributed by atoms with Gasteiger partial charge in [0, 0.05) is 10.2 Å². The lowest BCUT2D eigenvalue weighted by atomic mass is 9.90. The van der Waals surface area contributed by atoms with Crippen molar-refractivity contribution >= 4 is 9.73 Å². The first-order valence-corrected chi connectivity index (χ1v) is 9.51. The standard InChI is InChI=1S/C17H35NOS/c1-11(2)16(12(3)4)17(13(5)6)20(19,15(9)10)18-14(7)8/h11-15H,1-10H3. The van der Waals surface area contributed by atoms with E-state index in [2.05, 4.69) is 45.9 Å². The predicted molar refractivity (Wildman–Crippen MR) is 92.4 cm³/mol. The minimum absolute atomic E-state index is 0.0507. The molecule has 3 heteroatoms. The number of rotatable bonds is 6. The molecule has 0 rings (SSSR count). The summed E-state index contributed by atoms with van der Waals surface area (Å²) in [6.07, 6.45) is 0. The van der Waals surface area contributed by atoms with Gasteiger partial charge in [0.15, 0.2) is 0 Å². The van der Waals surface area contributed by atoms with Crippen LogP contribution in [0.2, 0.25) is 0 Å². The number of hydrogen-bond donors (Lipinski definition) is 0. The Morgan fingerprint density at radius 3 is 1.35 bits per heavy atom. The average molecular weight is 302 g/mol. The lowest BCUT2D eigenvalue weighted by Crippen LogP contribution is -2.25. The average Bonchev–Trinajstić information content (AvgIpc) is 2.22. The lowest BCUT2D eigenvalue weighted by molar-refractivity contribution is 0.595. The van der Waals surface area contributed by atoms with Crippen LogP contribution < -0.4 is 0 Å². The molecule has 0 amide bonds. The number of nitrogens with zero attached hydrogens (tertiary/aromatic N) is 1. The predicted octanol–water partition coefficient (Wildman–Crippen LogP) is 5.49. The van der Waals surface area contributed by atoms with E-state index in [0.29, 0.717) is 11.8 Å². The van der Waals surface area contributed by atoms with Crippen LogP contribution in [0.25, 0.3) is 0 Å². The molecule has 0 heterocycles. The topological polar surface area (TPSA) is 29.4 Å². The Kier molecular flexibility index (Phi) is 7.51. The molecule has 120 valence electrons. The third kappa shape index (κ3) is 4.61. The van der Waals surface area contributed by atoms with Crippen molar-refractivity contribution in [1.82, 2.24) is 0 Å². The summed E-state index contributed by atoms with van der Waals surface area (Å²) in [4.78, 5) is 1.10. The van der Waals surface area contributed by atoms with E-state index in [1.807, 2.05) is 27.7 Å². The van der Waals surface area contributed by atoms with E-state index >= 15 is 0 Å². The zero-order chi connectivity index (χ0) is 16.2. The third-order valence-electron chi connectivity index (χ3n) is 3.37. The molecule has 0 bridgehead atoms.